The number of hydrogen-bond donors (Lipinski definition) is 2. The molecule has 1 aromatic rings. The molecule has 0 spiro atoms. The molecule has 1 rings (SSSR count). The molecular formula is C10H9ClF3NO. The van der Waals surface area contributed by atoms with Gasteiger partial charge in [-0.3, -0.25) is 0 Å². The van der Waals surface area contributed by atoms with Gasteiger partial charge in [0, 0.05) is 12.1 Å². The molecule has 0 radical (unpaired) electrons. The molecule has 0 aromatic heterocycles. The number of nitrogens with two attached hydrogens (primary N) is 1. The van der Waals surface area contributed by atoms with Crippen LogP contribution in [-0.2, 0) is 6.18 Å². The topological polar surface area (TPSA) is 46.2 Å². The molecule has 1 aromatic carbocycles. The molecule has 3 N–H and O–H groups in total. The Morgan fingerprint density at radius 1 is 1.38 bits per heavy atom. The van der Waals surface area contributed by atoms with Crippen LogP contribution in [0.1, 0.15) is 11.1 Å². The van der Waals surface area contributed by atoms with Crippen molar-refractivity contribution in [2.75, 3.05) is 6.54 Å². The number of hydrogen-bond acceptors (Lipinski definition) is 2. The number of phenols is 1. The third-order valence-corrected chi connectivity index (χ3v) is 2.14. The highest BCUT2D eigenvalue weighted by Gasteiger charge is 2.31. The molecule has 0 heterocycles. The summed E-state index contributed by atoms with van der Waals surface area (Å²) in [6.45, 7) is 0.160. The molecular weight excluding hydrogens is 243 g/mol. The third-order valence-electron chi connectivity index (χ3n) is 1.85. The smallest absolute Gasteiger partial charge is 0.416 e. The first-order valence-corrected chi connectivity index (χ1v) is 4.70. The number of halogens is 4. The van der Waals surface area contributed by atoms with Gasteiger partial charge in [-0.05, 0) is 12.1 Å². The highest BCUT2D eigenvalue weighted by Crippen LogP contribution is 2.37. The first kappa shape index (κ1) is 12.9. The predicted molar refractivity (Wildman–Crippen MR) is 56.2 cm³/mol. The Hall–Kier alpha value is -1.20. The maximum atomic E-state index is 12.4. The van der Waals surface area contributed by atoms with Crippen molar-refractivity contribution in [1.82, 2.24) is 0 Å². The molecule has 0 saturated heterocycles. The van der Waals surface area contributed by atoms with E-state index in [-0.39, 0.29) is 22.9 Å². The maximum absolute atomic E-state index is 12.4. The Balaban J connectivity index is 3.28. The number of aromatic hydroxyl groups is 1. The summed E-state index contributed by atoms with van der Waals surface area (Å²) >= 11 is 5.49. The van der Waals surface area contributed by atoms with Crippen molar-refractivity contribution >= 4 is 17.7 Å². The molecule has 88 valence electrons. The van der Waals surface area contributed by atoms with Gasteiger partial charge in [0.05, 0.1) is 10.6 Å². The summed E-state index contributed by atoms with van der Waals surface area (Å²) in [6, 6.07) is 1.49. The average molecular weight is 252 g/mol. The Labute approximate surface area is 95.1 Å². The Morgan fingerprint density at radius 3 is 2.50 bits per heavy atom. The minimum Gasteiger partial charge on any atom is -0.506 e. The molecule has 0 aliphatic carbocycles. The van der Waals surface area contributed by atoms with Gasteiger partial charge in [-0.2, -0.15) is 13.2 Å². The number of alkyl halides is 3. The summed E-state index contributed by atoms with van der Waals surface area (Å²) in [5.74, 6) is -0.389. The van der Waals surface area contributed by atoms with Crippen molar-refractivity contribution in [3.8, 4) is 5.75 Å². The summed E-state index contributed by atoms with van der Waals surface area (Å²) in [7, 11) is 0. The third kappa shape index (κ3) is 2.90. The normalized spacial score (nSPS) is 12.3. The summed E-state index contributed by atoms with van der Waals surface area (Å²) in [6.07, 6.45) is -1.79. The van der Waals surface area contributed by atoms with E-state index in [0.29, 0.717) is 6.07 Å². The van der Waals surface area contributed by atoms with Crippen LogP contribution in [0.2, 0.25) is 5.02 Å². The molecule has 0 aliphatic heterocycles. The maximum Gasteiger partial charge on any atom is 0.416 e. The Bertz CT molecular complexity index is 415. The molecule has 0 atom stereocenters. The quantitative estimate of drug-likeness (QED) is 0.849. The van der Waals surface area contributed by atoms with Gasteiger partial charge >= 0.3 is 6.18 Å². The first-order valence-electron chi connectivity index (χ1n) is 4.32. The van der Waals surface area contributed by atoms with E-state index >= 15 is 0 Å². The van der Waals surface area contributed by atoms with Crippen molar-refractivity contribution in [2.24, 2.45) is 5.73 Å². The second-order valence-corrected chi connectivity index (χ2v) is 3.44. The van der Waals surface area contributed by atoms with E-state index in [0.717, 1.165) is 6.07 Å². The van der Waals surface area contributed by atoms with E-state index in [9.17, 15) is 18.3 Å². The van der Waals surface area contributed by atoms with Gasteiger partial charge in [-0.15, -0.1) is 0 Å². The van der Waals surface area contributed by atoms with Crippen LogP contribution in [0, 0.1) is 0 Å². The zero-order valence-corrected chi connectivity index (χ0v) is 8.81. The summed E-state index contributed by atoms with van der Waals surface area (Å²) in [4.78, 5) is 0. The van der Waals surface area contributed by atoms with E-state index in [1.807, 2.05) is 0 Å². The minimum absolute atomic E-state index is 0.00900. The van der Waals surface area contributed by atoms with Crippen LogP contribution in [0.3, 0.4) is 0 Å². The fraction of sp³-hybridized carbons (Fsp3) is 0.200. The van der Waals surface area contributed by atoms with Crippen LogP contribution >= 0.6 is 11.6 Å². The lowest BCUT2D eigenvalue weighted by Gasteiger charge is -2.10. The van der Waals surface area contributed by atoms with Gasteiger partial charge in [0.2, 0.25) is 0 Å². The second kappa shape index (κ2) is 4.76. The SMILES string of the molecule is NC/C=C/c1cc(C(F)(F)F)cc(Cl)c1O. The average Bonchev–Trinajstić information content (AvgIpc) is 2.18. The van der Waals surface area contributed by atoms with Crippen molar-refractivity contribution in [3.05, 3.63) is 34.4 Å². The van der Waals surface area contributed by atoms with Crippen LogP contribution in [0.15, 0.2) is 18.2 Å². The zero-order valence-electron chi connectivity index (χ0n) is 8.05. The zero-order chi connectivity index (χ0) is 12.3. The Morgan fingerprint density at radius 2 is 2.00 bits per heavy atom. The molecule has 16 heavy (non-hydrogen) atoms. The highest BCUT2D eigenvalue weighted by atomic mass is 35.5. The largest absolute Gasteiger partial charge is 0.506 e. The van der Waals surface area contributed by atoms with E-state index in [1.165, 1.54) is 12.2 Å². The fourth-order valence-corrected chi connectivity index (χ4v) is 1.33. The number of rotatable bonds is 2. The van der Waals surface area contributed by atoms with Crippen molar-refractivity contribution in [2.45, 2.75) is 6.18 Å². The van der Waals surface area contributed by atoms with Gasteiger partial charge in [-0.1, -0.05) is 23.8 Å². The van der Waals surface area contributed by atoms with E-state index in [4.69, 9.17) is 17.3 Å². The van der Waals surface area contributed by atoms with E-state index in [1.54, 1.807) is 0 Å². The standard InChI is InChI=1S/C10H9ClF3NO/c11-8-5-7(10(12,13)14)4-6(9(8)16)2-1-3-15/h1-2,4-5,16H,3,15H2/b2-1+. The van der Waals surface area contributed by atoms with Crippen LogP contribution in [0.4, 0.5) is 13.2 Å². The van der Waals surface area contributed by atoms with Gasteiger partial charge in [0.1, 0.15) is 5.75 Å². The van der Waals surface area contributed by atoms with E-state index in [2.05, 4.69) is 0 Å². The fourth-order valence-electron chi connectivity index (χ4n) is 1.11. The molecule has 0 fully saturated rings. The molecule has 0 aliphatic rings. The van der Waals surface area contributed by atoms with Crippen molar-refractivity contribution in [1.29, 1.82) is 0 Å². The van der Waals surface area contributed by atoms with Crippen LogP contribution < -0.4 is 5.73 Å². The predicted octanol–water partition coefficient (Wildman–Crippen LogP) is 3.04. The monoisotopic (exact) mass is 251 g/mol. The van der Waals surface area contributed by atoms with Gasteiger partial charge in [0.25, 0.3) is 0 Å². The molecule has 0 unspecified atom stereocenters. The van der Waals surface area contributed by atoms with Crippen LogP contribution in [0.5, 0.6) is 5.75 Å². The van der Waals surface area contributed by atoms with Gasteiger partial charge in [-0.25, -0.2) is 0 Å². The molecule has 6 heteroatoms. The van der Waals surface area contributed by atoms with Gasteiger partial charge in [0.15, 0.2) is 0 Å². The van der Waals surface area contributed by atoms with Crippen LogP contribution in [-0.4, -0.2) is 11.7 Å². The second-order valence-electron chi connectivity index (χ2n) is 3.03. The summed E-state index contributed by atoms with van der Waals surface area (Å²) in [5.41, 5.74) is 4.25. The van der Waals surface area contributed by atoms with Crippen LogP contribution in [0.25, 0.3) is 6.08 Å². The molecule has 0 bridgehead atoms. The number of phenolic OH excluding ortho intramolecular Hbond substituents is 1. The van der Waals surface area contributed by atoms with E-state index < -0.39 is 11.7 Å². The lowest BCUT2D eigenvalue weighted by molar-refractivity contribution is -0.137. The lowest BCUT2D eigenvalue weighted by atomic mass is 10.1. The van der Waals surface area contributed by atoms with Crippen molar-refractivity contribution in [3.63, 3.8) is 0 Å². The summed E-state index contributed by atoms with van der Waals surface area (Å²) in [5, 5.41) is 9.08. The summed E-state index contributed by atoms with van der Waals surface area (Å²) < 4.78 is 37.2. The minimum atomic E-state index is -4.50. The first-order chi connectivity index (χ1) is 7.36. The van der Waals surface area contributed by atoms with Gasteiger partial charge < -0.3 is 10.8 Å². The van der Waals surface area contributed by atoms with Crippen molar-refractivity contribution < 1.29 is 18.3 Å². The molecule has 0 saturated carbocycles. The molecule has 2 nitrogen and oxygen atoms in total. The Kier molecular flexibility index (Phi) is 3.83. The molecule has 0 amide bonds. The number of benzene rings is 1. The highest BCUT2D eigenvalue weighted by molar-refractivity contribution is 6.32. The lowest BCUT2D eigenvalue weighted by Crippen LogP contribution is -2.05.